The molecule has 55 heavy (non-hydrogen) atoms. The molecule has 2 amide bonds. The van der Waals surface area contributed by atoms with Gasteiger partial charge in [-0.3, -0.25) is 13.8 Å². The van der Waals surface area contributed by atoms with E-state index in [1.807, 2.05) is 70.2 Å². The molecule has 300 valence electrons. The Morgan fingerprint density at radius 1 is 1.00 bits per heavy atom. The number of cyclic esters (lactones) is 1. The molecule has 0 saturated carbocycles. The number of rotatable bonds is 12. The molecule has 0 fully saturated rings. The van der Waals surface area contributed by atoms with Crippen molar-refractivity contribution in [3.05, 3.63) is 107 Å². The summed E-state index contributed by atoms with van der Waals surface area (Å²) in [6, 6.07) is -1.39. The Labute approximate surface area is 350 Å². The van der Waals surface area contributed by atoms with Crippen molar-refractivity contribution in [2.45, 2.75) is 92.1 Å². The molecule has 2 N–H and O–H groups in total. The number of allylic oxidation sites excluding steroid dienone is 11. The quantitative estimate of drug-likeness (QED) is 0.0749. The molecule has 0 aliphatic carbocycles. The Balaban J connectivity index is 0.0000292. The zero-order chi connectivity index (χ0) is 40.7. The van der Waals surface area contributed by atoms with Gasteiger partial charge in [-0.05, 0) is 65.4 Å². The second-order valence-corrected chi connectivity index (χ2v) is 14.4. The van der Waals surface area contributed by atoms with Crippen LogP contribution in [0.1, 0.15) is 67.7 Å². The van der Waals surface area contributed by atoms with Crippen LogP contribution in [0.15, 0.2) is 107 Å². The summed E-state index contributed by atoms with van der Waals surface area (Å²) in [6.45, 7) is 12.6. The zero-order valence-electron chi connectivity index (χ0n) is 34.1. The molecule has 1 aliphatic rings. The number of nitrogens with one attached hydrogen (secondary N) is 2. The van der Waals surface area contributed by atoms with Gasteiger partial charge in [-0.25, -0.2) is 13.2 Å². The predicted octanol–water partition coefficient (Wildman–Crippen LogP) is 3.05. The van der Waals surface area contributed by atoms with Crippen molar-refractivity contribution in [2.75, 3.05) is 27.4 Å². The average Bonchev–Trinajstić information content (AvgIpc) is 3.11. The van der Waals surface area contributed by atoms with E-state index in [-0.39, 0.29) is 66.6 Å². The maximum absolute atomic E-state index is 13.4. The van der Waals surface area contributed by atoms with Gasteiger partial charge in [-0.1, -0.05) is 110 Å². The van der Waals surface area contributed by atoms with Crippen LogP contribution in [0.25, 0.3) is 0 Å². The van der Waals surface area contributed by atoms with Crippen LogP contribution in [-0.4, -0.2) is 83.0 Å². The topological polar surface area (TPSA) is 169 Å². The van der Waals surface area contributed by atoms with Gasteiger partial charge < -0.3 is 29.4 Å². The smallest absolute Gasteiger partial charge is 0.726 e. The third-order valence-electron chi connectivity index (χ3n) is 8.37. The normalized spacial score (nSPS) is 28.7. The van der Waals surface area contributed by atoms with Gasteiger partial charge in [-0.15, -0.1) is 0 Å². The van der Waals surface area contributed by atoms with Crippen LogP contribution in [-0.2, 0) is 43.2 Å². The summed E-state index contributed by atoms with van der Waals surface area (Å²) >= 11 is 0. The van der Waals surface area contributed by atoms with Crippen LogP contribution in [0, 0.1) is 11.8 Å². The fourth-order valence-corrected chi connectivity index (χ4v) is 5.49. The van der Waals surface area contributed by atoms with Crippen molar-refractivity contribution >= 4 is 28.7 Å². The summed E-state index contributed by atoms with van der Waals surface area (Å²) in [5.41, 5.74) is 4.11. The van der Waals surface area contributed by atoms with Crippen molar-refractivity contribution in [3.63, 3.8) is 0 Å². The maximum atomic E-state index is 13.4. The molecule has 6 atom stereocenters. The molecule has 1 aliphatic heterocycles. The molecule has 14 heteroatoms. The van der Waals surface area contributed by atoms with Crippen molar-refractivity contribution in [2.24, 2.45) is 11.8 Å². The first-order valence-electron chi connectivity index (χ1n) is 17.9. The minimum Gasteiger partial charge on any atom is -0.726 e. The molecule has 0 bridgehead atoms. The van der Waals surface area contributed by atoms with Crippen LogP contribution < -0.4 is 40.2 Å². The third-order valence-corrected chi connectivity index (χ3v) is 8.79. The van der Waals surface area contributed by atoms with Gasteiger partial charge in [0.05, 0.1) is 18.8 Å². The molecular weight excluding hydrogens is 736 g/mol. The molecule has 12 nitrogen and oxygen atoms in total. The van der Waals surface area contributed by atoms with Gasteiger partial charge in [0.1, 0.15) is 12.1 Å². The first kappa shape index (κ1) is 51.9. The number of esters is 1. The van der Waals surface area contributed by atoms with Crippen LogP contribution in [0.4, 0.5) is 0 Å². The van der Waals surface area contributed by atoms with Gasteiger partial charge in [0, 0.05) is 32.3 Å². The van der Waals surface area contributed by atoms with Gasteiger partial charge in [0.15, 0.2) is 0 Å². The van der Waals surface area contributed by atoms with Crippen molar-refractivity contribution in [1.29, 1.82) is 0 Å². The number of ether oxygens (including phenoxy) is 3. The Morgan fingerprint density at radius 2 is 1.67 bits per heavy atom. The number of carbonyl (C=O) groups excluding carboxylic acids is 3. The fraction of sp³-hybridized carbons (Fsp3) is 0.488. The van der Waals surface area contributed by atoms with Gasteiger partial charge >= 0.3 is 35.5 Å². The summed E-state index contributed by atoms with van der Waals surface area (Å²) in [7, 11) is -1.68. The second kappa shape index (κ2) is 28.3. The van der Waals surface area contributed by atoms with E-state index in [0.717, 1.165) is 30.4 Å². The molecule has 1 heterocycles. The molecular formula is C41H59N2NaO10S. The minimum absolute atomic E-state index is 0. The standard InChI is InChI=1S/C41H60N2O10S.Na/c1-29-14-12-18-36(50-8)17-11-10-16-33(5)39(34(6)23-22-32(4)26-42-40(45)38(43-28-44)27-52-54(47,48)49)53-41(46)35(7)24-30(2)20-21-31(3)25-37(51-9)19-13-15-29;/h10-11,13-17,20-25,28,30,33,36-39H,12,18-19,26-27H2,1-9H3,(H,42,45)(H,43,44)(H,47,48,49);/q;+1/p-1/b15-13+,16-10+,17-11+,21-20+,29-14+,31-25+,32-22+,34-23+,35-24+;/t30?,33?,36?,37?,38-,39?;/m0./s1. The molecule has 0 aromatic rings. The average molecular weight is 795 g/mol. The van der Waals surface area contributed by atoms with Crippen LogP contribution >= 0.6 is 0 Å². The van der Waals surface area contributed by atoms with E-state index in [1.165, 1.54) is 5.57 Å². The molecule has 0 aromatic heterocycles. The van der Waals surface area contributed by atoms with Crippen LogP contribution in [0.5, 0.6) is 0 Å². The summed E-state index contributed by atoms with van der Waals surface area (Å²) in [5.74, 6) is -1.48. The van der Waals surface area contributed by atoms with Gasteiger partial charge in [0.25, 0.3) is 0 Å². The van der Waals surface area contributed by atoms with E-state index in [0.29, 0.717) is 11.1 Å². The molecule has 1 rings (SSSR count). The van der Waals surface area contributed by atoms with Gasteiger partial charge in [-0.2, -0.15) is 0 Å². The van der Waals surface area contributed by atoms with E-state index in [4.69, 9.17) is 14.2 Å². The second-order valence-electron chi connectivity index (χ2n) is 13.3. The molecule has 0 radical (unpaired) electrons. The van der Waals surface area contributed by atoms with E-state index >= 15 is 0 Å². The largest absolute Gasteiger partial charge is 1.00 e. The third kappa shape index (κ3) is 23.5. The number of methoxy groups -OCH3 is 2. The maximum Gasteiger partial charge on any atom is 1.00 e. The monoisotopic (exact) mass is 794 g/mol. The zero-order valence-corrected chi connectivity index (χ0v) is 36.9. The first-order chi connectivity index (χ1) is 25.5. The summed E-state index contributed by atoms with van der Waals surface area (Å²) in [5, 5.41) is 4.69. The molecule has 5 unspecified atom stereocenters. The first-order valence-corrected chi connectivity index (χ1v) is 19.2. The number of amides is 2. The van der Waals surface area contributed by atoms with Crippen molar-refractivity contribution in [1.82, 2.24) is 10.6 Å². The Bertz CT molecular complexity index is 1620. The van der Waals surface area contributed by atoms with Crippen molar-refractivity contribution in [3.8, 4) is 0 Å². The Kier molecular flexibility index (Phi) is 26.7. The Morgan fingerprint density at radius 3 is 2.31 bits per heavy atom. The molecule has 0 saturated heterocycles. The van der Waals surface area contributed by atoms with Gasteiger partial charge in [0.2, 0.25) is 22.7 Å². The molecule has 0 aromatic carbocycles. The van der Waals surface area contributed by atoms with Crippen LogP contribution in [0.2, 0.25) is 0 Å². The summed E-state index contributed by atoms with van der Waals surface area (Å²) < 4.78 is 54.0. The molecule has 0 spiro atoms. The van der Waals surface area contributed by atoms with E-state index in [2.05, 4.69) is 46.0 Å². The summed E-state index contributed by atoms with van der Waals surface area (Å²) in [4.78, 5) is 36.8. The minimum atomic E-state index is -5.06. The SMILES string of the molecule is COC1/C=C(C)/C=C/C(C)/C=C(\C)C(=O)OC(/C(C)=C/C=C(\C)CNC(=O)[C@H](COS(=O)(=O)[O-])NC=O)C(C)/C=C/C=C/C(OC)CC/C=C(C)/C=C/C1.[Na+]. The number of carbonyl (C=O) groups is 3. The summed E-state index contributed by atoms with van der Waals surface area (Å²) in [6.07, 6.45) is 27.5. The fourth-order valence-electron chi connectivity index (χ4n) is 5.19. The van der Waals surface area contributed by atoms with E-state index < -0.39 is 41.0 Å². The number of hydrogen-bond acceptors (Lipinski definition) is 10. The predicted molar refractivity (Wildman–Crippen MR) is 211 cm³/mol. The number of hydrogen-bond donors (Lipinski definition) is 2. The Hall–Kier alpha value is -3.14. The van der Waals surface area contributed by atoms with Crippen molar-refractivity contribution < 1.29 is 75.3 Å². The van der Waals surface area contributed by atoms with Crippen LogP contribution in [0.3, 0.4) is 0 Å². The van der Waals surface area contributed by atoms with E-state index in [1.54, 1.807) is 40.2 Å². The van der Waals surface area contributed by atoms with E-state index in [9.17, 15) is 27.4 Å².